The molecule has 1 saturated carbocycles. The zero-order chi connectivity index (χ0) is 12.7. The third-order valence-electron chi connectivity index (χ3n) is 3.87. The smallest absolute Gasteiger partial charge is 0.238 e. The summed E-state index contributed by atoms with van der Waals surface area (Å²) < 4.78 is 0. The van der Waals surface area contributed by atoms with E-state index in [4.69, 9.17) is 0 Å². The van der Waals surface area contributed by atoms with Gasteiger partial charge in [-0.3, -0.25) is 10.1 Å². The van der Waals surface area contributed by atoms with Gasteiger partial charge in [-0.15, -0.1) is 11.8 Å². The third-order valence-corrected chi connectivity index (χ3v) is 4.61. The van der Waals surface area contributed by atoms with Crippen LogP contribution in [-0.2, 0) is 4.79 Å². The number of nitrogens with one attached hydrogen (secondary N) is 1. The van der Waals surface area contributed by atoms with E-state index in [9.17, 15) is 4.79 Å². The quantitative estimate of drug-likeness (QED) is 0.848. The lowest BCUT2D eigenvalue weighted by Crippen LogP contribution is -2.33. The number of amides is 1. The highest BCUT2D eigenvalue weighted by atomic mass is 32.2. The molecule has 0 radical (unpaired) electrons. The first-order valence-corrected chi connectivity index (χ1v) is 7.61. The van der Waals surface area contributed by atoms with Gasteiger partial charge in [-0.1, -0.05) is 19.1 Å². The maximum atomic E-state index is 12.0. The summed E-state index contributed by atoms with van der Waals surface area (Å²) >= 11 is 1.74. The van der Waals surface area contributed by atoms with Gasteiger partial charge in [0.1, 0.15) is 6.17 Å². The summed E-state index contributed by atoms with van der Waals surface area (Å²) in [6, 6.07) is 8.94. The minimum atomic E-state index is 0.0726. The molecule has 2 aliphatic rings. The predicted molar refractivity (Wildman–Crippen MR) is 73.4 cm³/mol. The lowest BCUT2D eigenvalue weighted by atomic mass is 10.1. The van der Waals surface area contributed by atoms with Crippen molar-refractivity contribution in [2.75, 3.05) is 12.8 Å². The molecule has 0 bridgehead atoms. The fourth-order valence-corrected chi connectivity index (χ4v) is 3.06. The Kier molecular flexibility index (Phi) is 3.08. The highest BCUT2D eigenvalue weighted by Crippen LogP contribution is 2.40. The van der Waals surface area contributed by atoms with Crippen molar-refractivity contribution in [1.29, 1.82) is 0 Å². The van der Waals surface area contributed by atoms with Gasteiger partial charge in [0.2, 0.25) is 5.91 Å². The van der Waals surface area contributed by atoms with Crippen LogP contribution < -0.4 is 5.32 Å². The monoisotopic (exact) mass is 262 g/mol. The van der Waals surface area contributed by atoms with Crippen molar-refractivity contribution in [3.8, 4) is 0 Å². The molecular weight excluding hydrogens is 244 g/mol. The minimum Gasteiger partial charge on any atom is -0.319 e. The second-order valence-electron chi connectivity index (χ2n) is 5.14. The number of benzene rings is 1. The normalized spacial score (nSPS) is 30.9. The van der Waals surface area contributed by atoms with Crippen LogP contribution in [0.5, 0.6) is 0 Å². The molecule has 1 aromatic rings. The molecule has 96 valence electrons. The molecule has 3 unspecified atom stereocenters. The topological polar surface area (TPSA) is 32.3 Å². The molecule has 3 nitrogen and oxygen atoms in total. The molecule has 1 aliphatic heterocycles. The van der Waals surface area contributed by atoms with E-state index in [-0.39, 0.29) is 12.1 Å². The van der Waals surface area contributed by atoms with Crippen LogP contribution in [0, 0.1) is 5.92 Å². The van der Waals surface area contributed by atoms with Crippen molar-refractivity contribution in [3.05, 3.63) is 29.8 Å². The molecule has 1 amide bonds. The van der Waals surface area contributed by atoms with Crippen molar-refractivity contribution < 1.29 is 4.79 Å². The van der Waals surface area contributed by atoms with Crippen molar-refractivity contribution in [1.82, 2.24) is 10.2 Å². The molecule has 1 heterocycles. The first kappa shape index (κ1) is 12.1. The molecule has 0 spiro atoms. The van der Waals surface area contributed by atoms with Gasteiger partial charge in [-0.2, -0.15) is 0 Å². The Labute approximate surface area is 112 Å². The average Bonchev–Trinajstić information content (AvgIpc) is 2.98. The van der Waals surface area contributed by atoms with Crippen LogP contribution in [0.1, 0.15) is 25.1 Å². The van der Waals surface area contributed by atoms with Crippen LogP contribution in [0.25, 0.3) is 0 Å². The van der Waals surface area contributed by atoms with Gasteiger partial charge in [0.15, 0.2) is 0 Å². The summed E-state index contributed by atoms with van der Waals surface area (Å²) in [6.45, 7) is 2.68. The van der Waals surface area contributed by atoms with E-state index < -0.39 is 0 Å². The molecule has 1 aromatic carbocycles. The van der Waals surface area contributed by atoms with E-state index >= 15 is 0 Å². The summed E-state index contributed by atoms with van der Waals surface area (Å²) in [4.78, 5) is 15.3. The van der Waals surface area contributed by atoms with E-state index in [2.05, 4.69) is 42.8 Å². The Morgan fingerprint density at radius 1 is 1.33 bits per heavy atom. The summed E-state index contributed by atoms with van der Waals surface area (Å²) in [5.41, 5.74) is 1.19. The van der Waals surface area contributed by atoms with Gasteiger partial charge in [0.05, 0.1) is 6.54 Å². The van der Waals surface area contributed by atoms with Crippen molar-refractivity contribution >= 4 is 17.7 Å². The molecule has 2 fully saturated rings. The zero-order valence-electron chi connectivity index (χ0n) is 10.7. The van der Waals surface area contributed by atoms with Crippen LogP contribution in [0.3, 0.4) is 0 Å². The predicted octanol–water partition coefficient (Wildman–Crippen LogP) is 2.25. The molecule has 3 atom stereocenters. The third kappa shape index (κ3) is 2.04. The van der Waals surface area contributed by atoms with Gasteiger partial charge in [0, 0.05) is 10.9 Å². The summed E-state index contributed by atoms with van der Waals surface area (Å²) in [6.07, 6.45) is 3.29. The summed E-state index contributed by atoms with van der Waals surface area (Å²) in [5.74, 6) is 0.894. The first-order chi connectivity index (χ1) is 8.70. The number of carbonyl (C=O) groups is 1. The van der Waals surface area contributed by atoms with Crippen LogP contribution in [0.2, 0.25) is 0 Å². The molecule has 18 heavy (non-hydrogen) atoms. The molecule has 3 rings (SSSR count). The molecule has 1 saturated heterocycles. The van der Waals surface area contributed by atoms with Gasteiger partial charge in [-0.25, -0.2) is 0 Å². The Hall–Kier alpha value is -1.00. The summed E-state index contributed by atoms with van der Waals surface area (Å²) in [7, 11) is 0. The maximum Gasteiger partial charge on any atom is 0.238 e. The van der Waals surface area contributed by atoms with E-state index in [0.29, 0.717) is 18.5 Å². The van der Waals surface area contributed by atoms with Crippen LogP contribution >= 0.6 is 11.8 Å². The zero-order valence-corrected chi connectivity index (χ0v) is 11.5. The Morgan fingerprint density at radius 2 is 2.00 bits per heavy atom. The maximum absolute atomic E-state index is 12.0. The van der Waals surface area contributed by atoms with Crippen LogP contribution in [0.15, 0.2) is 29.2 Å². The standard InChI is InChI=1S/C14H18N2OS/c1-9-7-12(9)16-13(17)8-15-14(16)10-3-5-11(18-2)6-4-10/h3-6,9,12,14-15H,7-8H2,1-2H3. The fourth-order valence-electron chi connectivity index (χ4n) is 2.65. The van der Waals surface area contributed by atoms with Gasteiger partial charge < -0.3 is 4.90 Å². The van der Waals surface area contributed by atoms with Crippen molar-refractivity contribution in [2.45, 2.75) is 30.4 Å². The van der Waals surface area contributed by atoms with E-state index in [1.54, 1.807) is 11.8 Å². The second-order valence-corrected chi connectivity index (χ2v) is 6.02. The number of carbonyl (C=O) groups excluding carboxylic acids is 1. The Bertz CT molecular complexity index is 459. The summed E-state index contributed by atoms with van der Waals surface area (Å²) in [5, 5.41) is 3.32. The number of hydrogen-bond acceptors (Lipinski definition) is 3. The number of hydrogen-bond donors (Lipinski definition) is 1. The highest BCUT2D eigenvalue weighted by molar-refractivity contribution is 7.98. The minimum absolute atomic E-state index is 0.0726. The van der Waals surface area contributed by atoms with Crippen molar-refractivity contribution in [2.24, 2.45) is 5.92 Å². The number of thioether (sulfide) groups is 1. The number of rotatable bonds is 3. The van der Waals surface area contributed by atoms with Crippen LogP contribution in [0.4, 0.5) is 0 Å². The van der Waals surface area contributed by atoms with E-state index in [1.807, 2.05) is 4.90 Å². The fraction of sp³-hybridized carbons (Fsp3) is 0.500. The molecule has 4 heteroatoms. The average molecular weight is 262 g/mol. The van der Waals surface area contributed by atoms with Gasteiger partial charge in [-0.05, 0) is 36.3 Å². The van der Waals surface area contributed by atoms with E-state index in [0.717, 1.165) is 6.42 Å². The SMILES string of the molecule is CSc1ccc(C2NCC(=O)N2C2CC2C)cc1. The lowest BCUT2D eigenvalue weighted by molar-refractivity contribution is -0.128. The van der Waals surface area contributed by atoms with Gasteiger partial charge >= 0.3 is 0 Å². The van der Waals surface area contributed by atoms with Crippen molar-refractivity contribution in [3.63, 3.8) is 0 Å². The second kappa shape index (κ2) is 4.59. The van der Waals surface area contributed by atoms with Crippen LogP contribution in [-0.4, -0.2) is 29.6 Å². The first-order valence-electron chi connectivity index (χ1n) is 6.39. The molecule has 0 aromatic heterocycles. The van der Waals surface area contributed by atoms with E-state index in [1.165, 1.54) is 10.5 Å². The Balaban J connectivity index is 1.83. The highest BCUT2D eigenvalue weighted by Gasteiger charge is 2.46. The largest absolute Gasteiger partial charge is 0.319 e. The molecule has 1 N–H and O–H groups in total. The Morgan fingerprint density at radius 3 is 2.56 bits per heavy atom. The van der Waals surface area contributed by atoms with Gasteiger partial charge in [0.25, 0.3) is 0 Å². The molecular formula is C14H18N2OS. The lowest BCUT2D eigenvalue weighted by Gasteiger charge is -2.25. The number of nitrogens with zero attached hydrogens (tertiary/aromatic N) is 1. The molecule has 1 aliphatic carbocycles.